The molecule has 0 amide bonds. The molecule has 0 aliphatic heterocycles. The van der Waals surface area contributed by atoms with E-state index in [-0.39, 0.29) is 0 Å². The molecule has 0 bridgehead atoms. The number of hydrogen-bond donors (Lipinski definition) is 0. The van der Waals surface area contributed by atoms with E-state index in [1.54, 1.807) is 13.0 Å². The second-order valence-electron chi connectivity index (χ2n) is 3.51. The highest BCUT2D eigenvalue weighted by atomic mass is 16.5. The van der Waals surface area contributed by atoms with Gasteiger partial charge in [-0.3, -0.25) is 4.79 Å². The van der Waals surface area contributed by atoms with Crippen molar-refractivity contribution < 1.29 is 14.3 Å². The quantitative estimate of drug-likeness (QED) is 0.550. The van der Waals surface area contributed by atoms with Crippen molar-refractivity contribution in [2.45, 2.75) is 20.8 Å². The van der Waals surface area contributed by atoms with E-state index in [1.807, 2.05) is 13.8 Å². The summed E-state index contributed by atoms with van der Waals surface area (Å²) in [5.41, 5.74) is 3.55. The largest absolute Gasteiger partial charge is 0.465 e. The Morgan fingerprint density at radius 2 is 1.87 bits per heavy atom. The molecule has 0 N–H and O–H groups in total. The summed E-state index contributed by atoms with van der Waals surface area (Å²) in [6.45, 7) is 5.49. The van der Waals surface area contributed by atoms with Crippen molar-refractivity contribution in [3.8, 4) is 0 Å². The second-order valence-corrected chi connectivity index (χ2v) is 3.51. The maximum atomic E-state index is 11.4. The lowest BCUT2D eigenvalue weighted by atomic mass is 9.94. The summed E-state index contributed by atoms with van der Waals surface area (Å²) >= 11 is 0. The minimum Gasteiger partial charge on any atom is -0.465 e. The number of methoxy groups -OCH3 is 1. The minimum absolute atomic E-state index is 0.404. The summed E-state index contributed by atoms with van der Waals surface area (Å²) in [7, 11) is 1.33. The molecular formula is C12H14O3. The molecule has 15 heavy (non-hydrogen) atoms. The van der Waals surface area contributed by atoms with Crippen molar-refractivity contribution >= 4 is 12.3 Å². The van der Waals surface area contributed by atoms with Crippen LogP contribution in [0.2, 0.25) is 0 Å². The van der Waals surface area contributed by atoms with Gasteiger partial charge in [-0.1, -0.05) is 0 Å². The van der Waals surface area contributed by atoms with Crippen LogP contribution in [0.5, 0.6) is 0 Å². The number of ether oxygens (including phenoxy) is 1. The first-order valence-corrected chi connectivity index (χ1v) is 4.67. The lowest BCUT2D eigenvalue weighted by molar-refractivity contribution is 0.0600. The van der Waals surface area contributed by atoms with Crippen molar-refractivity contribution in [2.75, 3.05) is 7.11 Å². The van der Waals surface area contributed by atoms with Gasteiger partial charge in [0.15, 0.2) is 6.29 Å². The monoisotopic (exact) mass is 206 g/mol. The van der Waals surface area contributed by atoms with Crippen LogP contribution in [0, 0.1) is 20.8 Å². The summed E-state index contributed by atoms with van der Waals surface area (Å²) in [4.78, 5) is 22.3. The molecule has 0 heterocycles. The van der Waals surface area contributed by atoms with Crippen LogP contribution in [0.15, 0.2) is 6.07 Å². The van der Waals surface area contributed by atoms with Gasteiger partial charge in [0, 0.05) is 5.56 Å². The fraction of sp³-hybridized carbons (Fsp3) is 0.333. The topological polar surface area (TPSA) is 43.4 Å². The number of rotatable bonds is 2. The first-order chi connectivity index (χ1) is 7.02. The molecule has 1 rings (SSSR count). The molecule has 0 spiro atoms. The Balaban J connectivity index is 3.50. The molecule has 1 aromatic rings. The highest BCUT2D eigenvalue weighted by Crippen LogP contribution is 2.21. The molecular weight excluding hydrogens is 192 g/mol. The van der Waals surface area contributed by atoms with E-state index >= 15 is 0 Å². The highest BCUT2D eigenvalue weighted by molar-refractivity contribution is 5.95. The molecule has 3 heteroatoms. The van der Waals surface area contributed by atoms with Crippen LogP contribution in [0.1, 0.15) is 37.4 Å². The maximum Gasteiger partial charge on any atom is 0.338 e. The van der Waals surface area contributed by atoms with E-state index < -0.39 is 5.97 Å². The van der Waals surface area contributed by atoms with E-state index in [0.29, 0.717) is 16.7 Å². The predicted octanol–water partition coefficient (Wildman–Crippen LogP) is 2.21. The van der Waals surface area contributed by atoms with Gasteiger partial charge in [-0.15, -0.1) is 0 Å². The molecule has 0 fully saturated rings. The van der Waals surface area contributed by atoms with Gasteiger partial charge in [-0.05, 0) is 43.5 Å². The van der Waals surface area contributed by atoms with E-state index in [1.165, 1.54) is 7.11 Å². The zero-order valence-corrected chi connectivity index (χ0v) is 9.38. The number of esters is 1. The van der Waals surface area contributed by atoms with Crippen LogP contribution in [0.4, 0.5) is 0 Å². The molecule has 0 aromatic heterocycles. The van der Waals surface area contributed by atoms with Gasteiger partial charge in [-0.25, -0.2) is 4.79 Å². The second kappa shape index (κ2) is 4.26. The SMILES string of the molecule is COC(=O)c1cc(C)c(C)c(C=O)c1C. The predicted molar refractivity (Wildman–Crippen MR) is 57.4 cm³/mol. The summed E-state index contributed by atoms with van der Waals surface area (Å²) in [6, 6.07) is 1.75. The molecule has 0 saturated carbocycles. The highest BCUT2D eigenvalue weighted by Gasteiger charge is 2.15. The standard InChI is InChI=1S/C12H14O3/c1-7-5-10(12(14)15-4)9(3)11(6-13)8(7)2/h5-6H,1-4H3. The Morgan fingerprint density at radius 1 is 1.27 bits per heavy atom. The molecule has 1 aromatic carbocycles. The van der Waals surface area contributed by atoms with Crippen LogP contribution in [-0.4, -0.2) is 19.4 Å². The van der Waals surface area contributed by atoms with Gasteiger partial charge in [0.25, 0.3) is 0 Å². The first-order valence-electron chi connectivity index (χ1n) is 4.67. The summed E-state index contributed by atoms with van der Waals surface area (Å²) < 4.78 is 4.66. The molecule has 3 nitrogen and oxygen atoms in total. The van der Waals surface area contributed by atoms with Crippen LogP contribution >= 0.6 is 0 Å². The van der Waals surface area contributed by atoms with Gasteiger partial charge in [-0.2, -0.15) is 0 Å². The fourth-order valence-electron chi connectivity index (χ4n) is 1.57. The van der Waals surface area contributed by atoms with Gasteiger partial charge in [0.1, 0.15) is 0 Å². The van der Waals surface area contributed by atoms with Gasteiger partial charge < -0.3 is 4.74 Å². The van der Waals surface area contributed by atoms with Crippen molar-refractivity contribution in [3.05, 3.63) is 33.9 Å². The lowest BCUT2D eigenvalue weighted by Crippen LogP contribution is -2.08. The minimum atomic E-state index is -0.404. The number of carbonyl (C=O) groups excluding carboxylic acids is 2. The molecule has 80 valence electrons. The van der Waals surface area contributed by atoms with Crippen LogP contribution in [0.25, 0.3) is 0 Å². The Bertz CT molecular complexity index is 419. The number of carbonyl (C=O) groups is 2. The third kappa shape index (κ3) is 1.91. The smallest absolute Gasteiger partial charge is 0.338 e. The van der Waals surface area contributed by atoms with E-state index in [2.05, 4.69) is 4.74 Å². The summed E-state index contributed by atoms with van der Waals surface area (Å²) in [5, 5.41) is 0. The Labute approximate surface area is 89.1 Å². The Hall–Kier alpha value is -1.64. The van der Waals surface area contributed by atoms with Crippen molar-refractivity contribution in [1.29, 1.82) is 0 Å². The fourth-order valence-corrected chi connectivity index (χ4v) is 1.57. The molecule has 0 saturated heterocycles. The van der Waals surface area contributed by atoms with E-state index in [9.17, 15) is 9.59 Å². The van der Waals surface area contributed by atoms with Crippen LogP contribution in [-0.2, 0) is 4.74 Å². The van der Waals surface area contributed by atoms with Crippen molar-refractivity contribution in [1.82, 2.24) is 0 Å². The van der Waals surface area contributed by atoms with Gasteiger partial charge in [0.2, 0.25) is 0 Å². The molecule has 0 aliphatic rings. The molecule has 0 atom stereocenters. The van der Waals surface area contributed by atoms with E-state index in [0.717, 1.165) is 17.4 Å². The Kier molecular flexibility index (Phi) is 3.24. The normalized spacial score (nSPS) is 9.87. The van der Waals surface area contributed by atoms with Gasteiger partial charge >= 0.3 is 5.97 Å². The molecule has 0 unspecified atom stereocenters. The maximum absolute atomic E-state index is 11.4. The number of hydrogen-bond acceptors (Lipinski definition) is 3. The zero-order chi connectivity index (χ0) is 11.6. The van der Waals surface area contributed by atoms with Crippen LogP contribution < -0.4 is 0 Å². The molecule has 0 aliphatic carbocycles. The van der Waals surface area contributed by atoms with Crippen molar-refractivity contribution in [3.63, 3.8) is 0 Å². The average molecular weight is 206 g/mol. The number of aldehydes is 1. The molecule has 0 radical (unpaired) electrons. The third-order valence-corrected chi connectivity index (χ3v) is 2.69. The van der Waals surface area contributed by atoms with Crippen LogP contribution in [0.3, 0.4) is 0 Å². The Morgan fingerprint density at radius 3 is 2.33 bits per heavy atom. The van der Waals surface area contributed by atoms with Gasteiger partial charge in [0.05, 0.1) is 12.7 Å². The van der Waals surface area contributed by atoms with Crippen molar-refractivity contribution in [2.24, 2.45) is 0 Å². The number of benzene rings is 1. The third-order valence-electron chi connectivity index (χ3n) is 2.69. The summed E-state index contributed by atoms with van der Waals surface area (Å²) in [6.07, 6.45) is 0.782. The lowest BCUT2D eigenvalue weighted by Gasteiger charge is -2.11. The van der Waals surface area contributed by atoms with E-state index in [4.69, 9.17) is 0 Å². The first kappa shape index (κ1) is 11.4. The zero-order valence-electron chi connectivity index (χ0n) is 9.38. The number of aryl methyl sites for hydroxylation is 1. The summed E-state index contributed by atoms with van der Waals surface area (Å²) in [5.74, 6) is -0.404. The average Bonchev–Trinajstić information content (AvgIpc) is 2.23.